The van der Waals surface area contributed by atoms with Crippen molar-refractivity contribution in [2.75, 3.05) is 45.9 Å². The van der Waals surface area contributed by atoms with Crippen molar-refractivity contribution < 1.29 is 14.3 Å². The summed E-state index contributed by atoms with van der Waals surface area (Å²) in [6.07, 6.45) is 1.37. The van der Waals surface area contributed by atoms with E-state index in [9.17, 15) is 9.59 Å². The van der Waals surface area contributed by atoms with Gasteiger partial charge in [0.2, 0.25) is 5.91 Å². The molecule has 2 heterocycles. The predicted octanol–water partition coefficient (Wildman–Crippen LogP) is 1.03. The lowest BCUT2D eigenvalue weighted by Crippen LogP contribution is -2.57. The SMILES string of the molecule is Cc1ccc(C(=O)N2CCN(C(=O)C3(CN)CCOCC3)CC2)cc1. The summed E-state index contributed by atoms with van der Waals surface area (Å²) in [7, 11) is 0. The first-order valence-corrected chi connectivity index (χ1v) is 8.99. The molecule has 2 fully saturated rings. The lowest BCUT2D eigenvalue weighted by Gasteiger charge is -2.42. The summed E-state index contributed by atoms with van der Waals surface area (Å²) in [5, 5.41) is 0. The number of nitrogens with zero attached hydrogens (tertiary/aromatic N) is 2. The van der Waals surface area contributed by atoms with Gasteiger partial charge in [0.25, 0.3) is 5.91 Å². The van der Waals surface area contributed by atoms with E-state index in [1.165, 1.54) is 0 Å². The molecule has 3 rings (SSSR count). The van der Waals surface area contributed by atoms with Crippen LogP contribution in [0.15, 0.2) is 24.3 Å². The van der Waals surface area contributed by atoms with Gasteiger partial charge in [0.1, 0.15) is 0 Å². The number of carbonyl (C=O) groups is 2. The van der Waals surface area contributed by atoms with Gasteiger partial charge in [-0.05, 0) is 31.9 Å². The lowest BCUT2D eigenvalue weighted by molar-refractivity contribution is -0.148. The average Bonchev–Trinajstić information content (AvgIpc) is 2.68. The van der Waals surface area contributed by atoms with Crippen LogP contribution in [-0.4, -0.2) is 67.6 Å². The minimum atomic E-state index is -0.485. The van der Waals surface area contributed by atoms with Gasteiger partial charge in [-0.3, -0.25) is 9.59 Å². The molecule has 0 aliphatic carbocycles. The van der Waals surface area contributed by atoms with Gasteiger partial charge in [-0.25, -0.2) is 0 Å². The number of hydrogen-bond donors (Lipinski definition) is 1. The van der Waals surface area contributed by atoms with Gasteiger partial charge in [-0.15, -0.1) is 0 Å². The van der Waals surface area contributed by atoms with Crippen molar-refractivity contribution in [3.8, 4) is 0 Å². The van der Waals surface area contributed by atoms with Crippen LogP contribution in [-0.2, 0) is 9.53 Å². The van der Waals surface area contributed by atoms with Crippen molar-refractivity contribution in [1.29, 1.82) is 0 Å². The summed E-state index contributed by atoms with van der Waals surface area (Å²) in [6, 6.07) is 7.62. The Kier molecular flexibility index (Phi) is 5.39. The molecule has 6 heteroatoms. The highest BCUT2D eigenvalue weighted by molar-refractivity contribution is 5.94. The van der Waals surface area contributed by atoms with Crippen molar-refractivity contribution in [3.05, 3.63) is 35.4 Å². The van der Waals surface area contributed by atoms with Gasteiger partial charge in [0, 0.05) is 51.5 Å². The molecule has 0 unspecified atom stereocenters. The summed E-state index contributed by atoms with van der Waals surface area (Å²) in [5.41, 5.74) is 7.29. The van der Waals surface area contributed by atoms with E-state index in [-0.39, 0.29) is 11.8 Å². The summed E-state index contributed by atoms with van der Waals surface area (Å²) in [6.45, 7) is 5.81. The fourth-order valence-corrected chi connectivity index (χ4v) is 3.59. The molecule has 0 saturated carbocycles. The zero-order valence-corrected chi connectivity index (χ0v) is 14.9. The molecular weight excluding hydrogens is 318 g/mol. The molecule has 2 amide bonds. The van der Waals surface area contributed by atoms with Gasteiger partial charge < -0.3 is 20.3 Å². The minimum absolute atomic E-state index is 0.0340. The molecule has 2 aliphatic heterocycles. The Balaban J connectivity index is 1.60. The van der Waals surface area contributed by atoms with E-state index in [0.717, 1.165) is 5.56 Å². The number of hydrogen-bond acceptors (Lipinski definition) is 4. The third-order valence-electron chi connectivity index (χ3n) is 5.45. The first-order chi connectivity index (χ1) is 12.1. The number of piperazine rings is 1. The van der Waals surface area contributed by atoms with Crippen molar-refractivity contribution in [3.63, 3.8) is 0 Å². The Morgan fingerprint density at radius 3 is 2.16 bits per heavy atom. The summed E-state index contributed by atoms with van der Waals surface area (Å²) in [5.74, 6) is 0.160. The van der Waals surface area contributed by atoms with Gasteiger partial charge in [-0.2, -0.15) is 0 Å². The molecular formula is C19H27N3O3. The molecule has 2 aliphatic rings. The van der Waals surface area contributed by atoms with Crippen molar-refractivity contribution in [1.82, 2.24) is 9.80 Å². The second-order valence-corrected chi connectivity index (χ2v) is 7.05. The van der Waals surface area contributed by atoms with E-state index in [1.807, 2.05) is 41.0 Å². The first-order valence-electron chi connectivity index (χ1n) is 8.99. The number of rotatable bonds is 3. The van der Waals surface area contributed by atoms with E-state index in [2.05, 4.69) is 0 Å². The highest BCUT2D eigenvalue weighted by Crippen LogP contribution is 2.32. The topological polar surface area (TPSA) is 75.9 Å². The number of amides is 2. The van der Waals surface area contributed by atoms with E-state index in [4.69, 9.17) is 10.5 Å². The molecule has 6 nitrogen and oxygen atoms in total. The van der Waals surface area contributed by atoms with Crippen molar-refractivity contribution in [2.24, 2.45) is 11.1 Å². The Morgan fingerprint density at radius 1 is 1.04 bits per heavy atom. The minimum Gasteiger partial charge on any atom is -0.381 e. The number of carbonyl (C=O) groups excluding carboxylic acids is 2. The van der Waals surface area contributed by atoms with Crippen molar-refractivity contribution in [2.45, 2.75) is 19.8 Å². The van der Waals surface area contributed by atoms with Crippen LogP contribution in [0.3, 0.4) is 0 Å². The predicted molar refractivity (Wildman–Crippen MR) is 95.2 cm³/mol. The molecule has 0 spiro atoms. The molecule has 0 bridgehead atoms. The first kappa shape index (κ1) is 17.9. The van der Waals surface area contributed by atoms with E-state index in [1.54, 1.807) is 0 Å². The molecule has 0 radical (unpaired) electrons. The average molecular weight is 345 g/mol. The molecule has 2 saturated heterocycles. The Labute approximate surface area is 148 Å². The van der Waals surface area contributed by atoms with Crippen LogP contribution in [0.25, 0.3) is 0 Å². The fourth-order valence-electron chi connectivity index (χ4n) is 3.59. The van der Waals surface area contributed by atoms with Crippen LogP contribution in [0.4, 0.5) is 0 Å². The number of aryl methyl sites for hydroxylation is 1. The van der Waals surface area contributed by atoms with Crippen LogP contribution in [0.5, 0.6) is 0 Å². The second-order valence-electron chi connectivity index (χ2n) is 7.05. The second kappa shape index (κ2) is 7.54. The van der Waals surface area contributed by atoms with Crippen LogP contribution in [0, 0.1) is 12.3 Å². The lowest BCUT2D eigenvalue weighted by atomic mass is 9.78. The summed E-state index contributed by atoms with van der Waals surface area (Å²) in [4.78, 5) is 29.3. The van der Waals surface area contributed by atoms with Gasteiger partial charge in [0.05, 0.1) is 5.41 Å². The largest absolute Gasteiger partial charge is 0.381 e. The normalized spacial score (nSPS) is 20.4. The highest BCUT2D eigenvalue weighted by Gasteiger charge is 2.42. The Hall–Kier alpha value is -1.92. The summed E-state index contributed by atoms with van der Waals surface area (Å²) >= 11 is 0. The Morgan fingerprint density at radius 2 is 1.60 bits per heavy atom. The van der Waals surface area contributed by atoms with E-state index < -0.39 is 5.41 Å². The molecule has 0 atom stereocenters. The van der Waals surface area contributed by atoms with Crippen molar-refractivity contribution >= 4 is 11.8 Å². The van der Waals surface area contributed by atoms with Crippen LogP contribution in [0.1, 0.15) is 28.8 Å². The Bertz CT molecular complexity index is 615. The maximum absolute atomic E-state index is 13.0. The third kappa shape index (κ3) is 3.70. The summed E-state index contributed by atoms with van der Waals surface area (Å²) < 4.78 is 5.39. The van der Waals surface area contributed by atoms with Crippen LogP contribution < -0.4 is 5.73 Å². The number of ether oxygens (including phenoxy) is 1. The highest BCUT2D eigenvalue weighted by atomic mass is 16.5. The molecule has 0 aromatic heterocycles. The monoisotopic (exact) mass is 345 g/mol. The van der Waals surface area contributed by atoms with Gasteiger partial charge in [-0.1, -0.05) is 17.7 Å². The molecule has 1 aromatic rings. The van der Waals surface area contributed by atoms with E-state index >= 15 is 0 Å². The van der Waals surface area contributed by atoms with Gasteiger partial charge >= 0.3 is 0 Å². The molecule has 2 N–H and O–H groups in total. The fraction of sp³-hybridized carbons (Fsp3) is 0.579. The number of benzene rings is 1. The zero-order chi connectivity index (χ0) is 17.9. The maximum Gasteiger partial charge on any atom is 0.253 e. The van der Waals surface area contributed by atoms with Gasteiger partial charge in [0.15, 0.2) is 0 Å². The zero-order valence-electron chi connectivity index (χ0n) is 14.9. The molecule has 136 valence electrons. The number of nitrogens with two attached hydrogens (primary N) is 1. The van der Waals surface area contributed by atoms with E-state index in [0.29, 0.717) is 64.3 Å². The van der Waals surface area contributed by atoms with Crippen LogP contribution in [0.2, 0.25) is 0 Å². The molecule has 1 aromatic carbocycles. The smallest absolute Gasteiger partial charge is 0.253 e. The third-order valence-corrected chi connectivity index (χ3v) is 5.45. The molecule has 25 heavy (non-hydrogen) atoms. The quantitative estimate of drug-likeness (QED) is 0.888. The maximum atomic E-state index is 13.0. The standard InChI is InChI=1S/C19H27N3O3/c1-15-2-4-16(5-3-15)17(23)21-8-10-22(11-9-21)18(24)19(14-20)6-12-25-13-7-19/h2-5H,6-14,20H2,1H3. The van der Waals surface area contributed by atoms with Crippen LogP contribution >= 0.6 is 0 Å².